The predicted octanol–water partition coefficient (Wildman–Crippen LogP) is 2.08. The summed E-state index contributed by atoms with van der Waals surface area (Å²) in [5, 5.41) is 3.74. The van der Waals surface area contributed by atoms with Gasteiger partial charge in [-0.2, -0.15) is 11.3 Å². The molecule has 94 valence electrons. The van der Waals surface area contributed by atoms with Crippen LogP contribution in [0.15, 0.2) is 10.8 Å². The molecule has 0 aliphatic rings. The maximum atomic E-state index is 12.2. The first kappa shape index (κ1) is 13.7. The molecule has 0 aliphatic carbocycles. The number of carbonyl (C=O) groups is 2. The van der Waals surface area contributed by atoms with E-state index in [2.05, 4.69) is 4.74 Å². The number of methoxy groups -OCH3 is 1. The lowest BCUT2D eigenvalue weighted by molar-refractivity contribution is -0.141. The number of amides is 1. The number of hydrogen-bond acceptors (Lipinski definition) is 4. The maximum Gasteiger partial charge on any atom is 0.325 e. The van der Waals surface area contributed by atoms with E-state index in [1.165, 1.54) is 23.3 Å². The Morgan fingerprint density at radius 3 is 2.59 bits per heavy atom. The van der Waals surface area contributed by atoms with Gasteiger partial charge in [0.2, 0.25) is 0 Å². The van der Waals surface area contributed by atoms with Crippen LogP contribution in [0.2, 0.25) is 0 Å². The van der Waals surface area contributed by atoms with Crippen LogP contribution in [0.1, 0.15) is 29.3 Å². The molecule has 1 aromatic rings. The molecule has 0 saturated carbocycles. The molecule has 17 heavy (non-hydrogen) atoms. The van der Waals surface area contributed by atoms with Crippen molar-refractivity contribution in [3.63, 3.8) is 0 Å². The number of thiophene rings is 1. The highest BCUT2D eigenvalue weighted by molar-refractivity contribution is 7.08. The van der Waals surface area contributed by atoms with Crippen molar-refractivity contribution in [2.24, 2.45) is 0 Å². The summed E-state index contributed by atoms with van der Waals surface area (Å²) in [4.78, 5) is 25.0. The average molecular weight is 255 g/mol. The van der Waals surface area contributed by atoms with Crippen LogP contribution in [-0.2, 0) is 9.53 Å². The van der Waals surface area contributed by atoms with Crippen molar-refractivity contribution in [3.8, 4) is 0 Å². The monoisotopic (exact) mass is 255 g/mol. The molecular formula is C12H17NO3S. The zero-order chi connectivity index (χ0) is 12.8. The minimum Gasteiger partial charge on any atom is -0.468 e. The van der Waals surface area contributed by atoms with Crippen LogP contribution >= 0.6 is 11.3 Å². The number of nitrogens with zero attached hydrogens (tertiary/aromatic N) is 1. The molecule has 5 heteroatoms. The van der Waals surface area contributed by atoms with E-state index >= 15 is 0 Å². The molecule has 1 aromatic heterocycles. The summed E-state index contributed by atoms with van der Waals surface area (Å²) in [6.45, 7) is 4.44. The second-order valence-electron chi connectivity index (χ2n) is 3.77. The summed E-state index contributed by atoms with van der Waals surface area (Å²) in [6.07, 6.45) is 0.811. The quantitative estimate of drug-likeness (QED) is 0.757. The zero-order valence-corrected chi connectivity index (χ0v) is 11.2. The van der Waals surface area contributed by atoms with Crippen LogP contribution in [0.5, 0.6) is 0 Å². The molecule has 0 aliphatic heterocycles. The van der Waals surface area contributed by atoms with E-state index in [1.807, 2.05) is 24.6 Å². The molecule has 0 radical (unpaired) electrons. The molecule has 0 spiro atoms. The number of aryl methyl sites for hydroxylation is 1. The summed E-state index contributed by atoms with van der Waals surface area (Å²) in [6, 6.07) is 0. The Labute approximate surface area is 105 Å². The molecule has 0 aromatic carbocycles. The van der Waals surface area contributed by atoms with E-state index in [0.717, 1.165) is 12.0 Å². The Bertz CT molecular complexity index is 400. The van der Waals surface area contributed by atoms with Gasteiger partial charge in [0, 0.05) is 11.9 Å². The number of ether oxygens (including phenoxy) is 1. The first-order valence-electron chi connectivity index (χ1n) is 5.49. The third-order valence-corrected chi connectivity index (χ3v) is 3.28. The van der Waals surface area contributed by atoms with Gasteiger partial charge in [0.05, 0.1) is 12.7 Å². The van der Waals surface area contributed by atoms with Crippen molar-refractivity contribution in [2.75, 3.05) is 20.2 Å². The van der Waals surface area contributed by atoms with Gasteiger partial charge < -0.3 is 9.64 Å². The van der Waals surface area contributed by atoms with Crippen molar-refractivity contribution in [1.29, 1.82) is 0 Å². The molecule has 0 bridgehead atoms. The minimum absolute atomic E-state index is 0.0124. The van der Waals surface area contributed by atoms with Crippen LogP contribution < -0.4 is 0 Å². The molecule has 0 N–H and O–H groups in total. The molecular weight excluding hydrogens is 238 g/mol. The fourth-order valence-corrected chi connectivity index (χ4v) is 2.31. The van der Waals surface area contributed by atoms with Gasteiger partial charge in [0.1, 0.15) is 6.54 Å². The van der Waals surface area contributed by atoms with Crippen molar-refractivity contribution in [2.45, 2.75) is 20.3 Å². The molecule has 4 nitrogen and oxygen atoms in total. The molecule has 1 heterocycles. The Kier molecular flexibility index (Phi) is 5.15. The summed E-state index contributed by atoms with van der Waals surface area (Å²) in [7, 11) is 1.33. The predicted molar refractivity (Wildman–Crippen MR) is 67.3 cm³/mol. The molecule has 0 saturated heterocycles. The van der Waals surface area contributed by atoms with Gasteiger partial charge in [0.25, 0.3) is 5.91 Å². The molecule has 0 atom stereocenters. The van der Waals surface area contributed by atoms with Crippen molar-refractivity contribution < 1.29 is 14.3 Å². The SMILES string of the molecule is CCCN(CC(=O)OC)C(=O)c1cscc1C. The smallest absolute Gasteiger partial charge is 0.325 e. The lowest BCUT2D eigenvalue weighted by atomic mass is 10.2. The summed E-state index contributed by atoms with van der Waals surface area (Å²) in [5.74, 6) is -0.490. The number of rotatable bonds is 5. The van der Waals surface area contributed by atoms with E-state index in [0.29, 0.717) is 12.1 Å². The standard InChI is InChI=1S/C12H17NO3S/c1-4-5-13(6-11(14)16-3)12(15)10-8-17-7-9(10)2/h7-8H,4-6H2,1-3H3. The third kappa shape index (κ3) is 3.56. The van der Waals surface area contributed by atoms with Crippen LogP contribution in [-0.4, -0.2) is 37.0 Å². The minimum atomic E-state index is -0.389. The van der Waals surface area contributed by atoms with E-state index < -0.39 is 0 Å². The Morgan fingerprint density at radius 2 is 2.12 bits per heavy atom. The Morgan fingerprint density at radius 1 is 1.41 bits per heavy atom. The van der Waals surface area contributed by atoms with Crippen molar-refractivity contribution in [1.82, 2.24) is 4.90 Å². The lowest BCUT2D eigenvalue weighted by Gasteiger charge is -2.20. The summed E-state index contributed by atoms with van der Waals surface area (Å²) >= 11 is 1.49. The van der Waals surface area contributed by atoms with Crippen molar-refractivity contribution in [3.05, 3.63) is 21.9 Å². The highest BCUT2D eigenvalue weighted by Crippen LogP contribution is 2.16. The molecule has 0 fully saturated rings. The van der Waals surface area contributed by atoms with Crippen molar-refractivity contribution >= 4 is 23.2 Å². The topological polar surface area (TPSA) is 46.6 Å². The first-order valence-corrected chi connectivity index (χ1v) is 6.43. The average Bonchev–Trinajstić information content (AvgIpc) is 2.73. The maximum absolute atomic E-state index is 12.2. The first-order chi connectivity index (χ1) is 8.10. The van der Waals surface area contributed by atoms with E-state index in [-0.39, 0.29) is 18.4 Å². The molecule has 1 rings (SSSR count). The highest BCUT2D eigenvalue weighted by atomic mass is 32.1. The largest absolute Gasteiger partial charge is 0.468 e. The second-order valence-corrected chi connectivity index (χ2v) is 4.51. The van der Waals surface area contributed by atoms with E-state index in [4.69, 9.17) is 0 Å². The van der Waals surface area contributed by atoms with Crippen LogP contribution in [0.25, 0.3) is 0 Å². The fourth-order valence-electron chi connectivity index (χ4n) is 1.49. The molecule has 0 unspecified atom stereocenters. The number of carbonyl (C=O) groups excluding carboxylic acids is 2. The van der Waals surface area contributed by atoms with Gasteiger partial charge in [-0.05, 0) is 24.3 Å². The van der Waals surface area contributed by atoms with Crippen LogP contribution in [0.4, 0.5) is 0 Å². The van der Waals surface area contributed by atoms with Gasteiger partial charge in [0.15, 0.2) is 0 Å². The van der Waals surface area contributed by atoms with E-state index in [9.17, 15) is 9.59 Å². The number of hydrogen-bond donors (Lipinski definition) is 0. The Hall–Kier alpha value is -1.36. The number of esters is 1. The van der Waals surface area contributed by atoms with Gasteiger partial charge in [-0.1, -0.05) is 6.92 Å². The lowest BCUT2D eigenvalue weighted by Crippen LogP contribution is -2.36. The fraction of sp³-hybridized carbons (Fsp3) is 0.500. The normalized spacial score (nSPS) is 10.1. The van der Waals surface area contributed by atoms with Gasteiger partial charge >= 0.3 is 5.97 Å². The summed E-state index contributed by atoms with van der Waals surface area (Å²) in [5.41, 5.74) is 1.62. The van der Waals surface area contributed by atoms with Crippen LogP contribution in [0.3, 0.4) is 0 Å². The van der Waals surface area contributed by atoms with E-state index in [1.54, 1.807) is 0 Å². The molecule has 1 amide bonds. The summed E-state index contributed by atoms with van der Waals surface area (Å²) < 4.78 is 4.59. The van der Waals surface area contributed by atoms with Gasteiger partial charge in [-0.3, -0.25) is 9.59 Å². The zero-order valence-electron chi connectivity index (χ0n) is 10.4. The van der Waals surface area contributed by atoms with Gasteiger partial charge in [-0.15, -0.1) is 0 Å². The highest BCUT2D eigenvalue weighted by Gasteiger charge is 2.20. The third-order valence-electron chi connectivity index (χ3n) is 2.41. The van der Waals surface area contributed by atoms with Crippen LogP contribution in [0, 0.1) is 6.92 Å². The second kappa shape index (κ2) is 6.39. The van der Waals surface area contributed by atoms with Gasteiger partial charge in [-0.25, -0.2) is 0 Å². The Balaban J connectivity index is 2.80.